The molecular weight excluding hydrogens is 766 g/mol. The predicted octanol–water partition coefficient (Wildman–Crippen LogP) is 15.2. The molecule has 6 aromatic carbocycles. The summed E-state index contributed by atoms with van der Waals surface area (Å²) in [5.74, 6) is 3.06. The predicted molar refractivity (Wildman–Crippen MR) is 230 cm³/mol. The lowest BCUT2D eigenvalue weighted by Crippen LogP contribution is -2.48. The summed E-state index contributed by atoms with van der Waals surface area (Å²) in [4.78, 5) is 0. The molecule has 284 valence electrons. The van der Waals surface area contributed by atoms with E-state index in [0.29, 0.717) is 32.9 Å². The Kier molecular flexibility index (Phi) is 13.6. The molecule has 0 aliphatic rings. The van der Waals surface area contributed by atoms with Crippen LogP contribution in [0.15, 0.2) is 146 Å². The van der Waals surface area contributed by atoms with Gasteiger partial charge in [-0.2, -0.15) is 0 Å². The first-order chi connectivity index (χ1) is 26.5. The molecule has 4 atom stereocenters. The van der Waals surface area contributed by atoms with Gasteiger partial charge in [-0.1, -0.05) is 135 Å². The highest BCUT2D eigenvalue weighted by Crippen LogP contribution is 2.44. The van der Waals surface area contributed by atoms with Gasteiger partial charge in [0.15, 0.2) is 0 Å². The van der Waals surface area contributed by atoms with Crippen LogP contribution in [0.4, 0.5) is 0 Å². The van der Waals surface area contributed by atoms with Crippen LogP contribution in [0.3, 0.4) is 0 Å². The number of halogens is 4. The maximum Gasteiger partial charge on any atom is 0.127 e. The van der Waals surface area contributed by atoms with E-state index < -0.39 is 10.8 Å². The molecule has 0 N–H and O–H groups in total. The molecule has 6 aromatic rings. The fourth-order valence-electron chi connectivity index (χ4n) is 7.20. The van der Waals surface area contributed by atoms with Crippen molar-refractivity contribution in [3.63, 3.8) is 0 Å². The second-order valence-electron chi connectivity index (χ2n) is 14.5. The minimum Gasteiger partial charge on any atom is -0.457 e. The standard InChI is InChI=1S/C48H46Cl4O3/c1-5-47(3,35-27-37(49)31-38(50)28-35)45(25-33-15-13-21-43(23-33)53-41-17-9-7-10-18-41)55-46(48(4,6-2)36-29-39(51)32-40(52)30-36)26-34-16-14-22-44(24-34)54-42-19-11-8-12-20-42/h7-24,27-32,45-46H,5-6,25-26H2,1-4H3. The molecule has 0 saturated carbocycles. The van der Waals surface area contributed by atoms with Gasteiger partial charge >= 0.3 is 0 Å². The normalized spacial score (nSPS) is 14.7. The Morgan fingerprint density at radius 3 is 1.13 bits per heavy atom. The fraction of sp³-hybridized carbons (Fsp3) is 0.250. The van der Waals surface area contributed by atoms with E-state index in [1.54, 1.807) is 12.1 Å². The first kappa shape index (κ1) is 40.7. The summed E-state index contributed by atoms with van der Waals surface area (Å²) in [7, 11) is 0. The highest BCUT2D eigenvalue weighted by molar-refractivity contribution is 6.35. The van der Waals surface area contributed by atoms with Crippen LogP contribution < -0.4 is 9.47 Å². The van der Waals surface area contributed by atoms with E-state index in [0.717, 1.165) is 58.1 Å². The summed E-state index contributed by atoms with van der Waals surface area (Å²) in [5.41, 5.74) is 3.15. The van der Waals surface area contributed by atoms with Crippen LogP contribution in [0, 0.1) is 0 Å². The Morgan fingerprint density at radius 1 is 0.436 bits per heavy atom. The molecule has 0 aliphatic carbocycles. The molecule has 0 heterocycles. The summed E-state index contributed by atoms with van der Waals surface area (Å²) in [6, 6.07) is 47.7. The third kappa shape index (κ3) is 10.3. The van der Waals surface area contributed by atoms with E-state index in [-0.39, 0.29) is 12.2 Å². The van der Waals surface area contributed by atoms with Gasteiger partial charge in [-0.15, -0.1) is 0 Å². The number of ether oxygens (including phenoxy) is 3. The van der Waals surface area contributed by atoms with Crippen LogP contribution in [0.25, 0.3) is 0 Å². The first-order valence-electron chi connectivity index (χ1n) is 18.7. The quantitative estimate of drug-likeness (QED) is 0.0974. The molecule has 55 heavy (non-hydrogen) atoms. The monoisotopic (exact) mass is 810 g/mol. The molecule has 4 unspecified atom stereocenters. The molecule has 0 saturated heterocycles. The average molecular weight is 813 g/mol. The van der Waals surface area contributed by atoms with E-state index in [9.17, 15) is 0 Å². The fourth-order valence-corrected chi connectivity index (χ4v) is 8.25. The number of hydrogen-bond donors (Lipinski definition) is 0. The molecule has 0 spiro atoms. The van der Waals surface area contributed by atoms with Crippen molar-refractivity contribution < 1.29 is 14.2 Å². The smallest absolute Gasteiger partial charge is 0.127 e. The van der Waals surface area contributed by atoms with Gasteiger partial charge in [0.1, 0.15) is 23.0 Å². The lowest BCUT2D eigenvalue weighted by atomic mass is 9.71. The van der Waals surface area contributed by atoms with Crippen molar-refractivity contribution >= 4 is 46.4 Å². The van der Waals surface area contributed by atoms with Gasteiger partial charge in [0, 0.05) is 30.9 Å². The van der Waals surface area contributed by atoms with Gasteiger partial charge in [0.25, 0.3) is 0 Å². The number of benzene rings is 6. The molecule has 0 aromatic heterocycles. The zero-order chi connectivity index (χ0) is 39.0. The van der Waals surface area contributed by atoms with E-state index in [1.165, 1.54) is 0 Å². The van der Waals surface area contributed by atoms with Gasteiger partial charge in [0.05, 0.1) is 12.2 Å². The highest BCUT2D eigenvalue weighted by atomic mass is 35.5. The van der Waals surface area contributed by atoms with Crippen LogP contribution in [0.2, 0.25) is 20.1 Å². The summed E-state index contributed by atoms with van der Waals surface area (Å²) in [5, 5.41) is 2.33. The Morgan fingerprint density at radius 2 is 0.782 bits per heavy atom. The number of rotatable bonds is 16. The topological polar surface area (TPSA) is 27.7 Å². The van der Waals surface area contributed by atoms with Crippen molar-refractivity contribution in [3.05, 3.63) is 188 Å². The van der Waals surface area contributed by atoms with Crippen molar-refractivity contribution in [2.75, 3.05) is 0 Å². The van der Waals surface area contributed by atoms with Gasteiger partial charge in [0.2, 0.25) is 0 Å². The van der Waals surface area contributed by atoms with E-state index in [4.69, 9.17) is 60.6 Å². The minimum absolute atomic E-state index is 0.340. The van der Waals surface area contributed by atoms with Crippen molar-refractivity contribution in [2.24, 2.45) is 0 Å². The molecular formula is C48H46Cl4O3. The van der Waals surface area contributed by atoms with Crippen molar-refractivity contribution in [2.45, 2.75) is 76.4 Å². The van der Waals surface area contributed by atoms with E-state index >= 15 is 0 Å². The SMILES string of the molecule is CCC(C)(c1cc(Cl)cc(Cl)c1)C(Cc1cccc(Oc2ccccc2)c1)OC(Cc1cccc(Oc2ccccc2)c1)C(C)(CC)c1cc(Cl)cc(Cl)c1. The molecule has 3 nitrogen and oxygen atoms in total. The molecule has 0 radical (unpaired) electrons. The molecule has 0 amide bonds. The number of hydrogen-bond acceptors (Lipinski definition) is 3. The largest absolute Gasteiger partial charge is 0.457 e. The highest BCUT2D eigenvalue weighted by Gasteiger charge is 2.43. The zero-order valence-electron chi connectivity index (χ0n) is 31.6. The average Bonchev–Trinajstić information content (AvgIpc) is 3.17. The Balaban J connectivity index is 1.45. The van der Waals surface area contributed by atoms with Gasteiger partial charge in [-0.05, 0) is 133 Å². The lowest BCUT2D eigenvalue weighted by molar-refractivity contribution is -0.0840. The van der Waals surface area contributed by atoms with Crippen LogP contribution in [0.5, 0.6) is 23.0 Å². The summed E-state index contributed by atoms with van der Waals surface area (Å²) >= 11 is 26.8. The van der Waals surface area contributed by atoms with Crippen LogP contribution in [-0.2, 0) is 28.4 Å². The van der Waals surface area contributed by atoms with Crippen molar-refractivity contribution in [3.8, 4) is 23.0 Å². The van der Waals surface area contributed by atoms with E-state index in [1.807, 2.05) is 109 Å². The van der Waals surface area contributed by atoms with Crippen molar-refractivity contribution in [1.82, 2.24) is 0 Å². The third-order valence-electron chi connectivity index (χ3n) is 10.9. The summed E-state index contributed by atoms with van der Waals surface area (Å²) in [6.45, 7) is 8.87. The zero-order valence-corrected chi connectivity index (χ0v) is 34.6. The lowest BCUT2D eigenvalue weighted by Gasteiger charge is -2.45. The summed E-state index contributed by atoms with van der Waals surface area (Å²) < 4.78 is 20.3. The van der Waals surface area contributed by atoms with Gasteiger partial charge < -0.3 is 14.2 Å². The second-order valence-corrected chi connectivity index (χ2v) is 16.3. The Hall–Kier alpha value is -3.96. The maximum atomic E-state index is 7.70. The van der Waals surface area contributed by atoms with Crippen LogP contribution >= 0.6 is 46.4 Å². The van der Waals surface area contributed by atoms with Crippen LogP contribution in [-0.4, -0.2) is 12.2 Å². The molecule has 0 aliphatic heterocycles. The maximum absolute atomic E-state index is 7.70. The van der Waals surface area contributed by atoms with Gasteiger partial charge in [-0.3, -0.25) is 0 Å². The second kappa shape index (κ2) is 18.3. The first-order valence-corrected chi connectivity index (χ1v) is 20.2. The molecule has 6 rings (SSSR count). The Bertz CT molecular complexity index is 1980. The number of para-hydroxylation sites is 2. The van der Waals surface area contributed by atoms with E-state index in [2.05, 4.69) is 52.0 Å². The summed E-state index contributed by atoms with van der Waals surface area (Å²) in [6.07, 6.45) is 2.01. The van der Waals surface area contributed by atoms with Crippen LogP contribution in [0.1, 0.15) is 62.8 Å². The molecule has 0 fully saturated rings. The molecule has 0 bridgehead atoms. The minimum atomic E-state index is -0.512. The van der Waals surface area contributed by atoms with Crippen molar-refractivity contribution in [1.29, 1.82) is 0 Å². The van der Waals surface area contributed by atoms with Gasteiger partial charge in [-0.25, -0.2) is 0 Å². The third-order valence-corrected chi connectivity index (χ3v) is 11.7. The molecule has 7 heteroatoms. The Labute approximate surface area is 346 Å².